The van der Waals surface area contributed by atoms with Crippen molar-refractivity contribution in [3.63, 3.8) is 0 Å². The molecule has 3 aromatic rings. The van der Waals surface area contributed by atoms with Crippen LogP contribution in [0.25, 0.3) is 10.9 Å². The van der Waals surface area contributed by atoms with E-state index in [-0.39, 0.29) is 23.0 Å². The van der Waals surface area contributed by atoms with Crippen LogP contribution in [0.4, 0.5) is 0 Å². The summed E-state index contributed by atoms with van der Waals surface area (Å²) in [5.41, 5.74) is 0.0752. The van der Waals surface area contributed by atoms with Gasteiger partial charge in [-0.05, 0) is 50.1 Å². The number of nitrogens with one attached hydrogen (secondary N) is 2. The highest BCUT2D eigenvalue weighted by atomic mass is 32.2. The number of aromatic amines is 1. The van der Waals surface area contributed by atoms with Crippen LogP contribution in [0.2, 0.25) is 0 Å². The van der Waals surface area contributed by atoms with Gasteiger partial charge in [0.2, 0.25) is 15.6 Å². The molecule has 1 aliphatic heterocycles. The highest BCUT2D eigenvalue weighted by Crippen LogP contribution is 2.27. The van der Waals surface area contributed by atoms with Crippen LogP contribution in [0.15, 0.2) is 56.8 Å². The number of amides is 1. The lowest BCUT2D eigenvalue weighted by molar-refractivity contribution is 0.0949. The summed E-state index contributed by atoms with van der Waals surface area (Å²) in [4.78, 5) is 27.6. The second-order valence-corrected chi connectivity index (χ2v) is 9.37. The molecule has 1 aromatic carbocycles. The van der Waals surface area contributed by atoms with E-state index in [0.29, 0.717) is 23.2 Å². The Morgan fingerprint density at radius 2 is 2.10 bits per heavy atom. The second-order valence-electron chi connectivity index (χ2n) is 7.48. The van der Waals surface area contributed by atoms with Crippen molar-refractivity contribution in [3.05, 3.63) is 64.3 Å². The van der Waals surface area contributed by atoms with E-state index in [1.807, 2.05) is 6.92 Å². The molecule has 0 spiro atoms. The number of hydrogen-bond donors (Lipinski definition) is 2. The first kappa shape index (κ1) is 20.4. The first-order valence-electron chi connectivity index (χ1n) is 9.86. The first-order valence-corrected chi connectivity index (χ1v) is 11.3. The Morgan fingerprint density at radius 3 is 2.83 bits per heavy atom. The van der Waals surface area contributed by atoms with Crippen molar-refractivity contribution in [2.24, 2.45) is 0 Å². The van der Waals surface area contributed by atoms with Gasteiger partial charge in [-0.25, -0.2) is 8.42 Å². The number of piperidine rings is 1. The minimum absolute atomic E-state index is 0.0777. The maximum atomic E-state index is 13.2. The Morgan fingerprint density at radius 1 is 1.27 bits per heavy atom. The van der Waals surface area contributed by atoms with Crippen molar-refractivity contribution in [2.45, 2.75) is 43.7 Å². The van der Waals surface area contributed by atoms with Gasteiger partial charge in [0.1, 0.15) is 5.76 Å². The fourth-order valence-electron chi connectivity index (χ4n) is 3.82. The molecule has 4 rings (SSSR count). The molecule has 2 aromatic heterocycles. The van der Waals surface area contributed by atoms with Crippen LogP contribution in [0.3, 0.4) is 0 Å². The van der Waals surface area contributed by atoms with Crippen LogP contribution in [-0.4, -0.2) is 36.2 Å². The normalized spacial score (nSPS) is 17.8. The monoisotopic (exact) mass is 429 g/mol. The number of aromatic nitrogens is 1. The van der Waals surface area contributed by atoms with E-state index in [9.17, 15) is 18.0 Å². The molecule has 1 aliphatic rings. The molecular formula is C21H23N3O5S. The van der Waals surface area contributed by atoms with Crippen LogP contribution < -0.4 is 10.9 Å². The molecule has 8 nitrogen and oxygen atoms in total. The summed E-state index contributed by atoms with van der Waals surface area (Å²) in [5, 5.41) is 3.08. The van der Waals surface area contributed by atoms with Crippen molar-refractivity contribution < 1.29 is 17.6 Å². The zero-order valence-corrected chi connectivity index (χ0v) is 17.4. The number of carbonyl (C=O) groups excluding carboxylic acids is 1. The van der Waals surface area contributed by atoms with Crippen LogP contribution >= 0.6 is 0 Å². The Bertz CT molecular complexity index is 1230. The number of sulfonamides is 1. The Labute approximate surface area is 173 Å². The number of nitrogens with zero attached hydrogens (tertiary/aromatic N) is 1. The molecular weight excluding hydrogens is 406 g/mol. The average Bonchev–Trinajstić information content (AvgIpc) is 3.25. The fraction of sp³-hybridized carbons (Fsp3) is 0.333. The molecule has 1 unspecified atom stereocenters. The minimum atomic E-state index is -3.71. The average molecular weight is 429 g/mol. The standard InChI is InChI=1S/C21H23N3O5S/c1-14-5-2-3-9-24(14)30(27,28)16-7-8-19-17(11-16)18(12-20(25)23-19)21(26)22-13-15-6-4-10-29-15/h4,6-8,10-12,14H,2-3,5,9,13H2,1H3,(H,22,26)(H,23,25). The van der Waals surface area contributed by atoms with E-state index < -0.39 is 21.5 Å². The summed E-state index contributed by atoms with van der Waals surface area (Å²) in [6.07, 6.45) is 4.15. The van der Waals surface area contributed by atoms with Crippen LogP contribution in [0.1, 0.15) is 42.3 Å². The molecule has 9 heteroatoms. The van der Waals surface area contributed by atoms with Crippen LogP contribution in [0, 0.1) is 0 Å². The van der Waals surface area contributed by atoms with Crippen molar-refractivity contribution >= 4 is 26.8 Å². The predicted octanol–water partition coefficient (Wildman–Crippen LogP) is 2.61. The number of benzene rings is 1. The number of H-pyrrole nitrogens is 1. The largest absolute Gasteiger partial charge is 0.467 e. The van der Waals surface area contributed by atoms with Gasteiger partial charge in [-0.15, -0.1) is 0 Å². The molecule has 2 N–H and O–H groups in total. The Hall–Kier alpha value is -2.91. The number of hydrogen-bond acceptors (Lipinski definition) is 5. The molecule has 0 saturated carbocycles. The van der Waals surface area contributed by atoms with E-state index in [0.717, 1.165) is 19.3 Å². The van der Waals surface area contributed by atoms with Crippen molar-refractivity contribution in [3.8, 4) is 0 Å². The number of carbonyl (C=O) groups is 1. The van der Waals surface area contributed by atoms with Gasteiger partial charge in [-0.3, -0.25) is 9.59 Å². The summed E-state index contributed by atoms with van der Waals surface area (Å²) in [5.74, 6) is 0.0863. The summed E-state index contributed by atoms with van der Waals surface area (Å²) in [6.45, 7) is 2.54. The smallest absolute Gasteiger partial charge is 0.252 e. The highest BCUT2D eigenvalue weighted by Gasteiger charge is 2.31. The van der Waals surface area contributed by atoms with E-state index in [4.69, 9.17) is 4.42 Å². The number of rotatable bonds is 5. The van der Waals surface area contributed by atoms with Crippen molar-refractivity contribution in [1.29, 1.82) is 0 Å². The van der Waals surface area contributed by atoms with E-state index in [1.54, 1.807) is 12.1 Å². The third-order valence-electron chi connectivity index (χ3n) is 5.41. The number of pyridine rings is 1. The van der Waals surface area contributed by atoms with Gasteiger partial charge in [0.15, 0.2) is 0 Å². The highest BCUT2D eigenvalue weighted by molar-refractivity contribution is 7.89. The van der Waals surface area contributed by atoms with Crippen molar-refractivity contribution in [1.82, 2.24) is 14.6 Å². The van der Waals surface area contributed by atoms with E-state index in [1.165, 1.54) is 34.8 Å². The molecule has 158 valence electrons. The van der Waals surface area contributed by atoms with Gasteiger partial charge in [-0.2, -0.15) is 4.31 Å². The third kappa shape index (κ3) is 3.90. The van der Waals surface area contributed by atoms with Gasteiger partial charge in [0.05, 0.1) is 23.3 Å². The molecule has 30 heavy (non-hydrogen) atoms. The van der Waals surface area contributed by atoms with Crippen LogP contribution in [0.5, 0.6) is 0 Å². The molecule has 0 aliphatic carbocycles. The van der Waals surface area contributed by atoms with Gasteiger partial charge in [0.25, 0.3) is 5.91 Å². The van der Waals surface area contributed by atoms with Gasteiger partial charge in [-0.1, -0.05) is 6.42 Å². The lowest BCUT2D eigenvalue weighted by atomic mass is 10.1. The SMILES string of the molecule is CC1CCCCN1S(=O)(=O)c1ccc2[nH]c(=O)cc(C(=O)NCc3ccco3)c2c1. The summed E-state index contributed by atoms with van der Waals surface area (Å²) < 4.78 is 33.1. The Kier molecular flexibility index (Phi) is 5.48. The maximum absolute atomic E-state index is 13.2. The first-order chi connectivity index (χ1) is 14.4. The quantitative estimate of drug-likeness (QED) is 0.647. The molecule has 1 saturated heterocycles. The van der Waals surface area contributed by atoms with Crippen LogP contribution in [-0.2, 0) is 16.6 Å². The molecule has 1 fully saturated rings. The van der Waals surface area contributed by atoms with Crippen molar-refractivity contribution in [2.75, 3.05) is 6.54 Å². The van der Waals surface area contributed by atoms with Gasteiger partial charge < -0.3 is 14.7 Å². The topological polar surface area (TPSA) is 112 Å². The number of furan rings is 1. The molecule has 3 heterocycles. The Balaban J connectivity index is 1.72. The predicted molar refractivity (Wildman–Crippen MR) is 112 cm³/mol. The lowest BCUT2D eigenvalue weighted by Crippen LogP contribution is -2.41. The zero-order chi connectivity index (χ0) is 21.3. The van der Waals surface area contributed by atoms with E-state index >= 15 is 0 Å². The minimum Gasteiger partial charge on any atom is -0.467 e. The molecule has 0 radical (unpaired) electrons. The molecule has 0 bridgehead atoms. The maximum Gasteiger partial charge on any atom is 0.252 e. The number of fused-ring (bicyclic) bond motifs is 1. The van der Waals surface area contributed by atoms with E-state index in [2.05, 4.69) is 10.3 Å². The summed E-state index contributed by atoms with van der Waals surface area (Å²) >= 11 is 0. The van der Waals surface area contributed by atoms with Gasteiger partial charge in [0, 0.05) is 29.6 Å². The lowest BCUT2D eigenvalue weighted by Gasteiger charge is -2.32. The fourth-order valence-corrected chi connectivity index (χ4v) is 5.55. The zero-order valence-electron chi connectivity index (χ0n) is 16.6. The van der Waals surface area contributed by atoms with Gasteiger partial charge >= 0.3 is 0 Å². The summed E-state index contributed by atoms with van der Waals surface area (Å²) in [6, 6.07) is 9.00. The second kappa shape index (κ2) is 8.08. The molecule has 1 atom stereocenters. The summed E-state index contributed by atoms with van der Waals surface area (Å²) in [7, 11) is -3.71. The molecule has 1 amide bonds. The third-order valence-corrected chi connectivity index (χ3v) is 7.42.